The Kier molecular flexibility index (Phi) is 3.63. The molecule has 0 saturated carbocycles. The molecule has 8 heteroatoms. The summed E-state index contributed by atoms with van der Waals surface area (Å²) in [5, 5.41) is 13.5. The highest BCUT2D eigenvalue weighted by Gasteiger charge is 2.50. The summed E-state index contributed by atoms with van der Waals surface area (Å²) in [7, 11) is 0. The lowest BCUT2D eigenvalue weighted by Crippen LogP contribution is -2.45. The van der Waals surface area contributed by atoms with Gasteiger partial charge in [0, 0.05) is 17.6 Å². The minimum Gasteiger partial charge on any atom is -0.550 e. The standard InChI is InChI=1S/C15H12F3NO4/c16-15(17,18)7-2-1-3-8(6-7)19-13(20)11-9-4-5-10(23-9)12(11)14(21)22/h1-6,9-12H,(H,19,20)(H,21,22)/p-1/t9-,10+,11+,12+/m1/s1. The van der Waals surface area contributed by atoms with E-state index in [0.29, 0.717) is 0 Å². The van der Waals surface area contributed by atoms with Gasteiger partial charge < -0.3 is 20.0 Å². The minimum absolute atomic E-state index is 0.0614. The molecule has 0 unspecified atom stereocenters. The van der Waals surface area contributed by atoms with Crippen LogP contribution in [0.1, 0.15) is 5.56 Å². The number of benzene rings is 1. The molecule has 122 valence electrons. The Labute approximate surface area is 128 Å². The van der Waals surface area contributed by atoms with Crippen molar-refractivity contribution in [3.63, 3.8) is 0 Å². The van der Waals surface area contributed by atoms with E-state index in [1.54, 1.807) is 12.2 Å². The van der Waals surface area contributed by atoms with Crippen molar-refractivity contribution in [2.45, 2.75) is 18.4 Å². The number of alkyl halides is 3. The molecule has 1 N–H and O–H groups in total. The Morgan fingerprint density at radius 3 is 2.39 bits per heavy atom. The van der Waals surface area contributed by atoms with Crippen molar-refractivity contribution in [2.24, 2.45) is 11.8 Å². The van der Waals surface area contributed by atoms with Crippen molar-refractivity contribution < 1.29 is 32.6 Å². The first-order valence-electron chi connectivity index (χ1n) is 6.80. The average Bonchev–Trinajstić information content (AvgIpc) is 3.07. The summed E-state index contributed by atoms with van der Waals surface area (Å²) >= 11 is 0. The van der Waals surface area contributed by atoms with E-state index in [1.807, 2.05) is 0 Å². The van der Waals surface area contributed by atoms with E-state index < -0.39 is 47.7 Å². The van der Waals surface area contributed by atoms with Crippen LogP contribution in [0.25, 0.3) is 0 Å². The van der Waals surface area contributed by atoms with Gasteiger partial charge >= 0.3 is 6.18 Å². The van der Waals surface area contributed by atoms with Crippen LogP contribution < -0.4 is 10.4 Å². The number of amides is 1. The first kappa shape index (κ1) is 15.5. The molecule has 1 fully saturated rings. The summed E-state index contributed by atoms with van der Waals surface area (Å²) in [5.41, 5.74) is -0.968. The summed E-state index contributed by atoms with van der Waals surface area (Å²) in [6, 6.07) is 4.12. The largest absolute Gasteiger partial charge is 0.550 e. The first-order valence-corrected chi connectivity index (χ1v) is 6.80. The quantitative estimate of drug-likeness (QED) is 0.840. The van der Waals surface area contributed by atoms with Gasteiger partial charge in [-0.05, 0) is 18.2 Å². The number of carboxylic acids is 1. The number of carbonyl (C=O) groups excluding carboxylic acids is 2. The third-order valence-electron chi connectivity index (χ3n) is 3.93. The summed E-state index contributed by atoms with van der Waals surface area (Å²) < 4.78 is 43.3. The van der Waals surface area contributed by atoms with Crippen LogP contribution in [0.2, 0.25) is 0 Å². The van der Waals surface area contributed by atoms with Crippen LogP contribution in [-0.4, -0.2) is 24.1 Å². The number of rotatable bonds is 3. The van der Waals surface area contributed by atoms with Crippen LogP contribution >= 0.6 is 0 Å². The number of hydrogen-bond acceptors (Lipinski definition) is 4. The highest BCUT2D eigenvalue weighted by atomic mass is 19.4. The maximum atomic E-state index is 12.7. The number of carbonyl (C=O) groups is 2. The topological polar surface area (TPSA) is 78.5 Å². The summed E-state index contributed by atoms with van der Waals surface area (Å²) in [5.74, 6) is -4.33. The minimum atomic E-state index is -4.54. The predicted octanol–water partition coefficient (Wildman–Crippen LogP) is 0.963. The van der Waals surface area contributed by atoms with Crippen LogP contribution in [0.4, 0.5) is 18.9 Å². The second kappa shape index (κ2) is 5.38. The van der Waals surface area contributed by atoms with Gasteiger partial charge in [0.05, 0.1) is 23.7 Å². The van der Waals surface area contributed by atoms with Crippen LogP contribution in [0.5, 0.6) is 0 Å². The lowest BCUT2D eigenvalue weighted by Gasteiger charge is -2.25. The number of ether oxygens (including phenoxy) is 1. The molecule has 3 rings (SSSR count). The van der Waals surface area contributed by atoms with E-state index in [2.05, 4.69) is 5.32 Å². The number of nitrogens with one attached hydrogen (secondary N) is 1. The van der Waals surface area contributed by atoms with E-state index >= 15 is 0 Å². The van der Waals surface area contributed by atoms with Gasteiger partial charge in [0.1, 0.15) is 0 Å². The molecule has 2 bridgehead atoms. The fourth-order valence-corrected chi connectivity index (χ4v) is 2.90. The lowest BCUT2D eigenvalue weighted by atomic mass is 9.82. The van der Waals surface area contributed by atoms with Gasteiger partial charge in [0.15, 0.2) is 0 Å². The fraction of sp³-hybridized carbons (Fsp3) is 0.333. The molecule has 23 heavy (non-hydrogen) atoms. The molecule has 4 atom stereocenters. The van der Waals surface area contributed by atoms with E-state index in [1.165, 1.54) is 6.07 Å². The smallest absolute Gasteiger partial charge is 0.416 e. The van der Waals surface area contributed by atoms with E-state index in [4.69, 9.17) is 4.74 Å². The Morgan fingerprint density at radius 2 is 1.78 bits per heavy atom. The van der Waals surface area contributed by atoms with E-state index in [0.717, 1.165) is 18.2 Å². The molecule has 0 spiro atoms. The van der Waals surface area contributed by atoms with Crippen molar-refractivity contribution >= 4 is 17.6 Å². The van der Waals surface area contributed by atoms with Gasteiger partial charge in [-0.3, -0.25) is 4.79 Å². The molecule has 0 radical (unpaired) electrons. The van der Waals surface area contributed by atoms with Crippen LogP contribution in [0.15, 0.2) is 36.4 Å². The maximum Gasteiger partial charge on any atom is 0.416 e. The monoisotopic (exact) mass is 326 g/mol. The van der Waals surface area contributed by atoms with Gasteiger partial charge in [-0.2, -0.15) is 13.2 Å². The predicted molar refractivity (Wildman–Crippen MR) is 69.9 cm³/mol. The molecule has 2 heterocycles. The van der Waals surface area contributed by atoms with Crippen LogP contribution in [-0.2, 0) is 20.5 Å². The van der Waals surface area contributed by atoms with Crippen LogP contribution in [0, 0.1) is 11.8 Å². The number of anilines is 1. The molecule has 1 aromatic carbocycles. The third-order valence-corrected chi connectivity index (χ3v) is 3.93. The number of carboxylic acid groups (broad SMARTS) is 1. The second-order valence-corrected chi connectivity index (χ2v) is 5.39. The highest BCUT2D eigenvalue weighted by molar-refractivity contribution is 5.96. The number of fused-ring (bicyclic) bond motifs is 2. The van der Waals surface area contributed by atoms with Gasteiger partial charge in [0.25, 0.3) is 0 Å². The van der Waals surface area contributed by atoms with Crippen molar-refractivity contribution in [3.8, 4) is 0 Å². The first-order chi connectivity index (χ1) is 10.8. The Hall–Kier alpha value is -2.35. The number of aliphatic carboxylic acids is 1. The molecular weight excluding hydrogens is 315 g/mol. The molecule has 1 aromatic rings. The summed E-state index contributed by atoms with van der Waals surface area (Å²) in [6.07, 6.45) is -2.89. The SMILES string of the molecule is O=C([O-])[C@@H]1[C@@H](C(=O)Nc2cccc(C(F)(F)F)c2)[C@H]2C=C[C@@H]1O2. The lowest BCUT2D eigenvalue weighted by molar-refractivity contribution is -0.313. The zero-order valence-electron chi connectivity index (χ0n) is 11.5. The third kappa shape index (κ3) is 2.81. The Balaban J connectivity index is 1.80. The summed E-state index contributed by atoms with van der Waals surface area (Å²) in [4.78, 5) is 23.5. The zero-order valence-corrected chi connectivity index (χ0v) is 11.5. The number of halogens is 3. The molecule has 2 aliphatic rings. The van der Waals surface area contributed by atoms with Crippen molar-refractivity contribution in [2.75, 3.05) is 5.32 Å². The molecule has 1 amide bonds. The Morgan fingerprint density at radius 1 is 1.13 bits per heavy atom. The maximum absolute atomic E-state index is 12.7. The highest BCUT2D eigenvalue weighted by Crippen LogP contribution is 2.39. The van der Waals surface area contributed by atoms with Crippen molar-refractivity contribution in [1.29, 1.82) is 0 Å². The molecular formula is C15H11F3NO4-. The summed E-state index contributed by atoms with van der Waals surface area (Å²) in [6.45, 7) is 0. The average molecular weight is 326 g/mol. The van der Waals surface area contributed by atoms with Gasteiger partial charge in [-0.15, -0.1) is 0 Å². The zero-order chi connectivity index (χ0) is 16.8. The van der Waals surface area contributed by atoms with Gasteiger partial charge in [-0.1, -0.05) is 18.2 Å². The Bertz CT molecular complexity index is 686. The molecule has 5 nitrogen and oxygen atoms in total. The molecule has 2 aliphatic heterocycles. The number of hydrogen-bond donors (Lipinski definition) is 1. The van der Waals surface area contributed by atoms with Crippen molar-refractivity contribution in [3.05, 3.63) is 42.0 Å². The normalized spacial score (nSPS) is 28.8. The fourth-order valence-electron chi connectivity index (χ4n) is 2.90. The van der Waals surface area contributed by atoms with Crippen LogP contribution in [0.3, 0.4) is 0 Å². The molecule has 0 aromatic heterocycles. The molecule has 1 saturated heterocycles. The van der Waals surface area contributed by atoms with Gasteiger partial charge in [0.2, 0.25) is 5.91 Å². The second-order valence-electron chi connectivity index (χ2n) is 5.39. The van der Waals surface area contributed by atoms with Crippen molar-refractivity contribution in [1.82, 2.24) is 0 Å². The molecule has 0 aliphatic carbocycles. The van der Waals surface area contributed by atoms with E-state index in [-0.39, 0.29) is 5.69 Å². The van der Waals surface area contributed by atoms with E-state index in [9.17, 15) is 27.9 Å². The van der Waals surface area contributed by atoms with Gasteiger partial charge in [-0.25, -0.2) is 0 Å².